The molecular formula is C16H23ClN4O4. The van der Waals surface area contributed by atoms with Gasteiger partial charge in [0.05, 0.1) is 4.92 Å². The Balaban J connectivity index is 2.16. The Bertz CT molecular complexity index is 648. The zero-order valence-corrected chi connectivity index (χ0v) is 15.4. The average Bonchev–Trinajstić information content (AvgIpc) is 2.70. The molecule has 0 aliphatic carbocycles. The minimum absolute atomic E-state index is 0.136. The van der Waals surface area contributed by atoms with Crippen molar-refractivity contribution in [3.8, 4) is 0 Å². The molecule has 0 spiro atoms. The first kappa shape index (κ1) is 19.2. The molecule has 0 aromatic carbocycles. The number of alkyl carbamates (subject to hydrolysis) is 1. The number of carbonyl (C=O) groups is 1. The van der Waals surface area contributed by atoms with E-state index in [0.717, 1.165) is 19.3 Å². The quantitative estimate of drug-likeness (QED) is 0.496. The van der Waals surface area contributed by atoms with E-state index >= 15 is 0 Å². The predicted molar refractivity (Wildman–Crippen MR) is 95.1 cm³/mol. The summed E-state index contributed by atoms with van der Waals surface area (Å²) in [6.07, 6.45) is 3.52. The van der Waals surface area contributed by atoms with Crippen LogP contribution in [0.5, 0.6) is 0 Å². The molecule has 8 nitrogen and oxygen atoms in total. The molecule has 0 radical (unpaired) electrons. The molecule has 25 heavy (non-hydrogen) atoms. The summed E-state index contributed by atoms with van der Waals surface area (Å²) >= 11 is 5.91. The lowest BCUT2D eigenvalue weighted by Gasteiger charge is -2.27. The Morgan fingerprint density at radius 3 is 2.84 bits per heavy atom. The number of nitrogens with zero attached hydrogens (tertiary/aromatic N) is 3. The van der Waals surface area contributed by atoms with Crippen LogP contribution in [-0.2, 0) is 4.74 Å². The van der Waals surface area contributed by atoms with E-state index in [4.69, 9.17) is 16.3 Å². The minimum atomic E-state index is -0.577. The van der Waals surface area contributed by atoms with Gasteiger partial charge in [-0.25, -0.2) is 9.78 Å². The molecule has 0 saturated carbocycles. The maximum atomic E-state index is 12.0. The fraction of sp³-hybridized carbons (Fsp3) is 0.625. The minimum Gasteiger partial charge on any atom is -0.444 e. The largest absolute Gasteiger partial charge is 0.444 e. The van der Waals surface area contributed by atoms with Crippen LogP contribution < -0.4 is 10.2 Å². The summed E-state index contributed by atoms with van der Waals surface area (Å²) in [6.45, 7) is 6.49. The number of carbonyl (C=O) groups excluding carboxylic acids is 1. The van der Waals surface area contributed by atoms with E-state index in [9.17, 15) is 14.9 Å². The van der Waals surface area contributed by atoms with Gasteiger partial charge in [-0.15, -0.1) is 0 Å². The first-order chi connectivity index (χ1) is 11.7. The summed E-state index contributed by atoms with van der Waals surface area (Å²) in [5.74, 6) is 0. The normalized spacial score (nSPS) is 18.4. The molecule has 2 heterocycles. The van der Waals surface area contributed by atoms with E-state index in [1.807, 2.05) is 4.90 Å². The van der Waals surface area contributed by atoms with Crippen LogP contribution in [0.1, 0.15) is 40.0 Å². The third kappa shape index (κ3) is 5.45. The number of nitro groups is 1. The molecule has 138 valence electrons. The van der Waals surface area contributed by atoms with Crippen LogP contribution in [0, 0.1) is 10.1 Å². The molecular weight excluding hydrogens is 348 g/mol. The van der Waals surface area contributed by atoms with E-state index in [2.05, 4.69) is 10.3 Å². The average molecular weight is 371 g/mol. The first-order valence-corrected chi connectivity index (χ1v) is 8.58. The Morgan fingerprint density at radius 1 is 1.48 bits per heavy atom. The smallest absolute Gasteiger partial charge is 0.407 e. The van der Waals surface area contributed by atoms with Gasteiger partial charge in [0.25, 0.3) is 0 Å². The Hall–Kier alpha value is -2.09. The fourth-order valence-corrected chi connectivity index (χ4v) is 3.02. The number of ether oxygens (including phenoxy) is 1. The molecule has 1 amide bonds. The Kier molecular flexibility index (Phi) is 6.05. The van der Waals surface area contributed by atoms with Crippen LogP contribution in [0.2, 0.25) is 5.15 Å². The van der Waals surface area contributed by atoms with E-state index in [1.54, 1.807) is 26.8 Å². The maximum Gasteiger partial charge on any atom is 0.407 e. The predicted octanol–water partition coefficient (Wildman–Crippen LogP) is 3.53. The molecule has 1 unspecified atom stereocenters. The molecule has 0 bridgehead atoms. The maximum absolute atomic E-state index is 12.0. The highest BCUT2D eigenvalue weighted by molar-refractivity contribution is 6.32. The molecule has 2 rings (SSSR count). The number of hydrogen-bond acceptors (Lipinski definition) is 6. The zero-order chi connectivity index (χ0) is 18.6. The summed E-state index contributed by atoms with van der Waals surface area (Å²) in [4.78, 5) is 28.5. The van der Waals surface area contributed by atoms with Crippen molar-refractivity contribution in [1.82, 2.24) is 10.3 Å². The SMILES string of the molecule is CC(C)(C)OC(=O)NC1CCCCN(c2ccnc(Cl)c2[N+](=O)[O-])C1. The number of halogens is 1. The molecule has 1 aromatic rings. The summed E-state index contributed by atoms with van der Waals surface area (Å²) in [5.41, 5.74) is -0.365. The van der Waals surface area contributed by atoms with Crippen molar-refractivity contribution in [2.24, 2.45) is 0 Å². The summed E-state index contributed by atoms with van der Waals surface area (Å²) in [5, 5.41) is 14.1. The molecule has 1 aliphatic rings. The van der Waals surface area contributed by atoms with Crippen LogP contribution in [0.25, 0.3) is 0 Å². The Labute approximate surface area is 151 Å². The van der Waals surface area contributed by atoms with E-state index in [-0.39, 0.29) is 16.9 Å². The third-order valence-electron chi connectivity index (χ3n) is 3.77. The zero-order valence-electron chi connectivity index (χ0n) is 14.6. The van der Waals surface area contributed by atoms with Crippen LogP contribution in [0.4, 0.5) is 16.2 Å². The molecule has 1 fully saturated rings. The Morgan fingerprint density at radius 2 is 2.20 bits per heavy atom. The van der Waals surface area contributed by atoms with Gasteiger partial charge in [-0.3, -0.25) is 10.1 Å². The van der Waals surface area contributed by atoms with Gasteiger partial charge < -0.3 is 15.0 Å². The standard InChI is InChI=1S/C16H23ClN4O4/c1-16(2,3)25-15(22)19-11-6-4-5-9-20(10-11)12-7-8-18-14(17)13(12)21(23)24/h7-8,11H,4-6,9-10H2,1-3H3,(H,19,22). The van der Waals surface area contributed by atoms with Gasteiger partial charge in [-0.1, -0.05) is 11.6 Å². The van der Waals surface area contributed by atoms with Crippen molar-refractivity contribution in [3.63, 3.8) is 0 Å². The van der Waals surface area contributed by atoms with E-state index < -0.39 is 16.6 Å². The number of anilines is 1. The topological polar surface area (TPSA) is 97.6 Å². The van der Waals surface area contributed by atoms with Crippen molar-refractivity contribution in [1.29, 1.82) is 0 Å². The second-order valence-corrected chi connectivity index (χ2v) is 7.37. The van der Waals surface area contributed by atoms with Crippen molar-refractivity contribution in [2.75, 3.05) is 18.0 Å². The van der Waals surface area contributed by atoms with Gasteiger partial charge in [0, 0.05) is 25.3 Å². The van der Waals surface area contributed by atoms with Gasteiger partial charge >= 0.3 is 11.8 Å². The fourth-order valence-electron chi connectivity index (χ4n) is 2.80. The molecule has 1 aliphatic heterocycles. The summed E-state index contributed by atoms with van der Waals surface area (Å²) in [6, 6.07) is 1.42. The number of hydrogen-bond donors (Lipinski definition) is 1. The van der Waals surface area contributed by atoms with Crippen LogP contribution in [0.3, 0.4) is 0 Å². The number of pyridine rings is 1. The lowest BCUT2D eigenvalue weighted by molar-refractivity contribution is -0.384. The van der Waals surface area contributed by atoms with Crippen molar-refractivity contribution in [2.45, 2.75) is 51.7 Å². The number of amides is 1. The highest BCUT2D eigenvalue weighted by Crippen LogP contribution is 2.34. The van der Waals surface area contributed by atoms with Gasteiger partial charge in [0.2, 0.25) is 5.15 Å². The second-order valence-electron chi connectivity index (χ2n) is 7.01. The molecule has 9 heteroatoms. The monoisotopic (exact) mass is 370 g/mol. The van der Waals surface area contributed by atoms with Crippen molar-refractivity contribution < 1.29 is 14.5 Å². The molecule has 1 aromatic heterocycles. The lowest BCUT2D eigenvalue weighted by Crippen LogP contribution is -2.44. The summed E-state index contributed by atoms with van der Waals surface area (Å²) < 4.78 is 5.30. The molecule has 1 saturated heterocycles. The third-order valence-corrected chi connectivity index (χ3v) is 4.05. The number of rotatable bonds is 3. The van der Waals surface area contributed by atoms with Gasteiger partial charge in [-0.2, -0.15) is 0 Å². The highest BCUT2D eigenvalue weighted by Gasteiger charge is 2.28. The summed E-state index contributed by atoms with van der Waals surface area (Å²) in [7, 11) is 0. The van der Waals surface area contributed by atoms with E-state index in [1.165, 1.54) is 6.20 Å². The van der Waals surface area contributed by atoms with Crippen LogP contribution >= 0.6 is 11.6 Å². The van der Waals surface area contributed by atoms with Crippen LogP contribution in [0.15, 0.2) is 12.3 Å². The van der Waals surface area contributed by atoms with Gasteiger partial charge in [-0.05, 0) is 46.1 Å². The highest BCUT2D eigenvalue weighted by atomic mass is 35.5. The molecule has 1 atom stereocenters. The van der Waals surface area contributed by atoms with Crippen molar-refractivity contribution >= 4 is 29.1 Å². The van der Waals surface area contributed by atoms with Gasteiger partial charge in [0.1, 0.15) is 11.3 Å². The molecule has 1 N–H and O–H groups in total. The van der Waals surface area contributed by atoms with Gasteiger partial charge in [0.15, 0.2) is 0 Å². The number of nitrogens with one attached hydrogen (secondary N) is 1. The van der Waals surface area contributed by atoms with E-state index in [0.29, 0.717) is 18.8 Å². The van der Waals surface area contributed by atoms with Crippen molar-refractivity contribution in [3.05, 3.63) is 27.5 Å². The first-order valence-electron chi connectivity index (χ1n) is 8.21. The van der Waals surface area contributed by atoms with Crippen LogP contribution in [-0.4, -0.2) is 40.7 Å². The number of aromatic nitrogens is 1. The second kappa shape index (κ2) is 7.86. The lowest BCUT2D eigenvalue weighted by atomic mass is 10.1.